The van der Waals surface area contributed by atoms with Crippen LogP contribution < -0.4 is 0 Å². The Balaban J connectivity index is 1.69. The molecule has 1 saturated heterocycles. The van der Waals surface area contributed by atoms with Crippen molar-refractivity contribution in [2.75, 3.05) is 33.4 Å². The summed E-state index contributed by atoms with van der Waals surface area (Å²) in [4.78, 5) is 25.9. The molecular formula is C22H25NO5. The van der Waals surface area contributed by atoms with E-state index in [-0.39, 0.29) is 31.8 Å². The predicted octanol–water partition coefficient (Wildman–Crippen LogP) is 2.74. The maximum Gasteiger partial charge on any atom is 0.313 e. The first-order valence-corrected chi connectivity index (χ1v) is 9.27. The number of carbonyl (C=O) groups is 2. The molecule has 0 radical (unpaired) electrons. The third kappa shape index (κ3) is 4.40. The van der Waals surface area contributed by atoms with Crippen LogP contribution in [0.1, 0.15) is 23.7 Å². The molecular weight excluding hydrogens is 358 g/mol. The number of amides is 1. The van der Waals surface area contributed by atoms with Crippen LogP contribution in [-0.2, 0) is 19.1 Å². The van der Waals surface area contributed by atoms with Gasteiger partial charge in [0.05, 0.1) is 6.61 Å². The van der Waals surface area contributed by atoms with E-state index in [2.05, 4.69) is 0 Å². The second-order valence-electron chi connectivity index (χ2n) is 7.10. The van der Waals surface area contributed by atoms with Crippen LogP contribution in [0.3, 0.4) is 0 Å². The molecule has 1 heterocycles. The number of likely N-dealkylation sites (tertiary alicyclic amines) is 1. The maximum absolute atomic E-state index is 12.7. The van der Waals surface area contributed by atoms with Gasteiger partial charge in [-0.05, 0) is 17.5 Å². The van der Waals surface area contributed by atoms with Crippen LogP contribution in [0.5, 0.6) is 0 Å². The molecule has 1 amide bonds. The summed E-state index contributed by atoms with van der Waals surface area (Å²) < 4.78 is 11.1. The fourth-order valence-electron chi connectivity index (χ4n) is 3.60. The molecule has 0 bridgehead atoms. The maximum atomic E-state index is 12.7. The Hall–Kier alpha value is -2.70. The van der Waals surface area contributed by atoms with Gasteiger partial charge >= 0.3 is 5.97 Å². The molecule has 1 unspecified atom stereocenters. The van der Waals surface area contributed by atoms with E-state index in [9.17, 15) is 14.7 Å². The fraction of sp³-hybridized carbons (Fsp3) is 0.364. The molecule has 6 nitrogen and oxygen atoms in total. The van der Waals surface area contributed by atoms with Gasteiger partial charge in [-0.2, -0.15) is 0 Å². The molecule has 0 aliphatic carbocycles. The van der Waals surface area contributed by atoms with Gasteiger partial charge in [-0.15, -0.1) is 0 Å². The first-order valence-electron chi connectivity index (χ1n) is 9.27. The van der Waals surface area contributed by atoms with Gasteiger partial charge < -0.3 is 19.5 Å². The molecule has 6 heteroatoms. The van der Waals surface area contributed by atoms with Crippen molar-refractivity contribution in [3.8, 4) is 0 Å². The lowest BCUT2D eigenvalue weighted by molar-refractivity contribution is -0.152. The van der Waals surface area contributed by atoms with Crippen molar-refractivity contribution in [3.05, 3.63) is 71.8 Å². The molecule has 28 heavy (non-hydrogen) atoms. The molecule has 1 fully saturated rings. The van der Waals surface area contributed by atoms with E-state index in [1.807, 2.05) is 60.7 Å². The van der Waals surface area contributed by atoms with Crippen LogP contribution >= 0.6 is 0 Å². The van der Waals surface area contributed by atoms with Crippen LogP contribution in [0, 0.1) is 5.41 Å². The van der Waals surface area contributed by atoms with Crippen LogP contribution in [0.4, 0.5) is 0 Å². The Kier molecular flexibility index (Phi) is 6.44. The van der Waals surface area contributed by atoms with Gasteiger partial charge in [0.15, 0.2) is 0 Å². The summed E-state index contributed by atoms with van der Waals surface area (Å²) in [5.74, 6) is -1.15. The number of hydrogen-bond donors (Lipinski definition) is 1. The highest BCUT2D eigenvalue weighted by Crippen LogP contribution is 2.32. The SMILES string of the molecule is COCC1(C(=O)O)CCN(C(=O)COC(c2ccccc2)c2ccccc2)C1. The zero-order chi connectivity index (χ0) is 20.0. The Morgan fingerprint density at radius 1 is 1.07 bits per heavy atom. The summed E-state index contributed by atoms with van der Waals surface area (Å²) in [6.45, 7) is 0.500. The summed E-state index contributed by atoms with van der Waals surface area (Å²) in [6, 6.07) is 19.5. The van der Waals surface area contributed by atoms with Gasteiger partial charge in [0.1, 0.15) is 18.1 Å². The number of carboxylic acids is 1. The van der Waals surface area contributed by atoms with Crippen LogP contribution in [0.2, 0.25) is 0 Å². The fourth-order valence-corrected chi connectivity index (χ4v) is 3.60. The standard InChI is InChI=1S/C22H25NO5/c1-27-16-22(21(25)26)12-13-23(15-22)19(24)14-28-20(17-8-4-2-5-9-17)18-10-6-3-7-11-18/h2-11,20H,12-16H2,1H3,(H,25,26). The largest absolute Gasteiger partial charge is 0.481 e. The van der Waals surface area contributed by atoms with E-state index in [0.717, 1.165) is 11.1 Å². The minimum absolute atomic E-state index is 0.0869. The van der Waals surface area contributed by atoms with Crippen molar-refractivity contribution in [1.29, 1.82) is 0 Å². The molecule has 1 atom stereocenters. The number of methoxy groups -OCH3 is 1. The number of carboxylic acid groups (broad SMARTS) is 1. The van der Waals surface area contributed by atoms with E-state index in [1.54, 1.807) is 4.90 Å². The van der Waals surface area contributed by atoms with Crippen molar-refractivity contribution in [3.63, 3.8) is 0 Å². The van der Waals surface area contributed by atoms with Gasteiger partial charge in [-0.3, -0.25) is 9.59 Å². The summed E-state index contributed by atoms with van der Waals surface area (Å²) in [6.07, 6.45) is 0.0139. The topological polar surface area (TPSA) is 76.1 Å². The smallest absolute Gasteiger partial charge is 0.313 e. The van der Waals surface area contributed by atoms with E-state index in [1.165, 1.54) is 7.11 Å². The van der Waals surface area contributed by atoms with Crippen molar-refractivity contribution in [2.45, 2.75) is 12.5 Å². The van der Waals surface area contributed by atoms with Gasteiger partial charge in [0, 0.05) is 20.2 Å². The van der Waals surface area contributed by atoms with Crippen molar-refractivity contribution >= 4 is 11.9 Å². The second kappa shape index (κ2) is 8.99. The number of hydrogen-bond acceptors (Lipinski definition) is 4. The van der Waals surface area contributed by atoms with Gasteiger partial charge in [-0.1, -0.05) is 60.7 Å². The lowest BCUT2D eigenvalue weighted by atomic mass is 9.88. The molecule has 148 valence electrons. The van der Waals surface area contributed by atoms with E-state index >= 15 is 0 Å². The average molecular weight is 383 g/mol. The normalized spacial score (nSPS) is 19.1. The quantitative estimate of drug-likeness (QED) is 0.759. The lowest BCUT2D eigenvalue weighted by Crippen LogP contribution is -2.41. The summed E-state index contributed by atoms with van der Waals surface area (Å²) >= 11 is 0. The summed E-state index contributed by atoms with van der Waals surface area (Å²) in [5.41, 5.74) is 0.882. The third-order valence-corrected chi connectivity index (χ3v) is 5.16. The molecule has 1 N–H and O–H groups in total. The Morgan fingerprint density at radius 3 is 2.14 bits per heavy atom. The predicted molar refractivity (Wildman–Crippen MR) is 104 cm³/mol. The molecule has 1 aliphatic rings. The Bertz CT molecular complexity index is 756. The molecule has 0 aromatic heterocycles. The van der Waals surface area contributed by atoms with Gasteiger partial charge in [-0.25, -0.2) is 0 Å². The second-order valence-corrected chi connectivity index (χ2v) is 7.10. The monoisotopic (exact) mass is 383 g/mol. The first kappa shape index (κ1) is 20.0. The van der Waals surface area contributed by atoms with E-state index in [0.29, 0.717) is 13.0 Å². The highest BCUT2D eigenvalue weighted by atomic mass is 16.5. The van der Waals surface area contributed by atoms with Crippen molar-refractivity contribution in [2.24, 2.45) is 5.41 Å². The molecule has 3 rings (SSSR count). The zero-order valence-electron chi connectivity index (χ0n) is 15.9. The molecule has 2 aromatic carbocycles. The van der Waals surface area contributed by atoms with Gasteiger partial charge in [0.25, 0.3) is 0 Å². The minimum atomic E-state index is -1.04. The number of benzene rings is 2. The summed E-state index contributed by atoms with van der Waals surface area (Å²) in [5, 5.41) is 9.56. The van der Waals surface area contributed by atoms with Crippen LogP contribution in [0.15, 0.2) is 60.7 Å². The Labute approximate surface area is 164 Å². The highest BCUT2D eigenvalue weighted by Gasteiger charge is 2.46. The molecule has 2 aromatic rings. The highest BCUT2D eigenvalue weighted by molar-refractivity contribution is 5.81. The van der Waals surface area contributed by atoms with E-state index < -0.39 is 11.4 Å². The number of ether oxygens (including phenoxy) is 2. The first-order chi connectivity index (χ1) is 13.6. The van der Waals surface area contributed by atoms with Crippen LogP contribution in [0.25, 0.3) is 0 Å². The number of aliphatic carboxylic acids is 1. The zero-order valence-corrected chi connectivity index (χ0v) is 15.9. The Morgan fingerprint density at radius 2 is 1.64 bits per heavy atom. The van der Waals surface area contributed by atoms with Crippen molar-refractivity contribution in [1.82, 2.24) is 4.90 Å². The minimum Gasteiger partial charge on any atom is -0.481 e. The van der Waals surface area contributed by atoms with Gasteiger partial charge in [0.2, 0.25) is 5.91 Å². The van der Waals surface area contributed by atoms with Crippen LogP contribution in [-0.4, -0.2) is 55.3 Å². The number of carbonyl (C=O) groups excluding carboxylic acids is 1. The van der Waals surface area contributed by atoms with E-state index in [4.69, 9.17) is 9.47 Å². The lowest BCUT2D eigenvalue weighted by Gasteiger charge is -2.24. The number of rotatable bonds is 8. The number of nitrogens with zero attached hydrogens (tertiary/aromatic N) is 1. The van der Waals surface area contributed by atoms with Crippen molar-refractivity contribution < 1.29 is 24.2 Å². The molecule has 0 spiro atoms. The third-order valence-electron chi connectivity index (χ3n) is 5.16. The average Bonchev–Trinajstić information content (AvgIpc) is 3.16. The molecule has 0 saturated carbocycles. The summed E-state index contributed by atoms with van der Waals surface area (Å²) in [7, 11) is 1.47. The molecule has 1 aliphatic heterocycles.